The van der Waals surface area contributed by atoms with Crippen LogP contribution in [0, 0.1) is 0 Å². The summed E-state index contributed by atoms with van der Waals surface area (Å²) in [5, 5.41) is 5.38. The lowest BCUT2D eigenvalue weighted by molar-refractivity contribution is -0.184. The first-order valence-corrected chi connectivity index (χ1v) is 7.89. The van der Waals surface area contributed by atoms with Crippen LogP contribution in [0.5, 0.6) is 5.75 Å². The van der Waals surface area contributed by atoms with Crippen molar-refractivity contribution >= 4 is 5.91 Å². The van der Waals surface area contributed by atoms with Crippen LogP contribution < -0.4 is 15.4 Å². The van der Waals surface area contributed by atoms with Gasteiger partial charge >= 0.3 is 6.18 Å². The number of piperazine rings is 1. The SMILES string of the molecule is CC(Oc1ccccc1)C(=O)NCC(N1CCNCC1)C(F)(F)F. The highest BCUT2D eigenvalue weighted by Gasteiger charge is 2.44. The maximum atomic E-state index is 13.3. The molecule has 0 saturated carbocycles. The van der Waals surface area contributed by atoms with Gasteiger partial charge in [0.2, 0.25) is 0 Å². The highest BCUT2D eigenvalue weighted by molar-refractivity contribution is 5.80. The van der Waals surface area contributed by atoms with Gasteiger partial charge < -0.3 is 15.4 Å². The van der Waals surface area contributed by atoms with E-state index in [9.17, 15) is 18.0 Å². The van der Waals surface area contributed by atoms with Crippen molar-refractivity contribution in [3.63, 3.8) is 0 Å². The van der Waals surface area contributed by atoms with Crippen molar-refractivity contribution in [1.82, 2.24) is 15.5 Å². The Balaban J connectivity index is 1.89. The third-order valence-corrected chi connectivity index (χ3v) is 3.87. The summed E-state index contributed by atoms with van der Waals surface area (Å²) >= 11 is 0. The summed E-state index contributed by atoms with van der Waals surface area (Å²) in [7, 11) is 0. The molecule has 0 aromatic heterocycles. The summed E-state index contributed by atoms with van der Waals surface area (Å²) in [5.74, 6) is -0.0714. The molecule has 0 radical (unpaired) electrons. The third kappa shape index (κ3) is 5.38. The third-order valence-electron chi connectivity index (χ3n) is 3.87. The number of para-hydroxylation sites is 1. The molecule has 2 rings (SSSR count). The predicted octanol–water partition coefficient (Wildman–Crippen LogP) is 1.41. The molecule has 0 aliphatic carbocycles. The number of nitrogens with one attached hydrogen (secondary N) is 2. The Morgan fingerprint density at radius 1 is 1.29 bits per heavy atom. The van der Waals surface area contributed by atoms with Crippen LogP contribution in [0.3, 0.4) is 0 Å². The molecule has 0 spiro atoms. The van der Waals surface area contributed by atoms with Crippen LogP contribution in [0.15, 0.2) is 30.3 Å². The largest absolute Gasteiger partial charge is 0.481 e. The summed E-state index contributed by atoms with van der Waals surface area (Å²) in [4.78, 5) is 13.4. The Morgan fingerprint density at radius 3 is 2.50 bits per heavy atom. The van der Waals surface area contributed by atoms with E-state index in [2.05, 4.69) is 10.6 Å². The summed E-state index contributed by atoms with van der Waals surface area (Å²) in [5.41, 5.74) is 0. The van der Waals surface area contributed by atoms with E-state index in [1.54, 1.807) is 30.3 Å². The molecule has 8 heteroatoms. The second-order valence-electron chi connectivity index (χ2n) is 5.66. The molecule has 2 atom stereocenters. The van der Waals surface area contributed by atoms with E-state index >= 15 is 0 Å². The van der Waals surface area contributed by atoms with E-state index in [1.165, 1.54) is 11.8 Å². The molecular weight excluding hydrogens is 323 g/mol. The lowest BCUT2D eigenvalue weighted by atomic mass is 10.2. The second kappa shape index (κ2) is 8.34. The normalized spacial score (nSPS) is 18.7. The van der Waals surface area contributed by atoms with Crippen LogP contribution in [-0.4, -0.2) is 61.9 Å². The zero-order chi connectivity index (χ0) is 17.6. The number of halogens is 3. The van der Waals surface area contributed by atoms with Crippen LogP contribution in [0.25, 0.3) is 0 Å². The number of nitrogens with zero attached hydrogens (tertiary/aromatic N) is 1. The highest BCUT2D eigenvalue weighted by Crippen LogP contribution is 2.24. The van der Waals surface area contributed by atoms with Gasteiger partial charge in [-0.3, -0.25) is 9.69 Å². The number of carbonyl (C=O) groups excluding carboxylic acids is 1. The Hall–Kier alpha value is -1.80. The zero-order valence-corrected chi connectivity index (χ0v) is 13.5. The monoisotopic (exact) mass is 345 g/mol. The smallest absolute Gasteiger partial charge is 0.405 e. The van der Waals surface area contributed by atoms with Gasteiger partial charge in [0, 0.05) is 32.7 Å². The Labute approximate surface area is 139 Å². The maximum Gasteiger partial charge on any atom is 0.405 e. The highest BCUT2D eigenvalue weighted by atomic mass is 19.4. The number of amides is 1. The van der Waals surface area contributed by atoms with Gasteiger partial charge in [0.1, 0.15) is 11.8 Å². The molecule has 24 heavy (non-hydrogen) atoms. The van der Waals surface area contributed by atoms with Crippen LogP contribution >= 0.6 is 0 Å². The van der Waals surface area contributed by atoms with E-state index in [-0.39, 0.29) is 0 Å². The molecule has 1 saturated heterocycles. The Kier molecular flexibility index (Phi) is 6.44. The summed E-state index contributed by atoms with van der Waals surface area (Å²) in [6, 6.07) is 6.99. The first kappa shape index (κ1) is 18.5. The molecule has 5 nitrogen and oxygen atoms in total. The molecule has 2 unspecified atom stereocenters. The second-order valence-corrected chi connectivity index (χ2v) is 5.66. The molecule has 1 amide bonds. The fourth-order valence-corrected chi connectivity index (χ4v) is 2.54. The van der Waals surface area contributed by atoms with Crippen molar-refractivity contribution in [1.29, 1.82) is 0 Å². The molecule has 1 aliphatic rings. The summed E-state index contributed by atoms with van der Waals surface area (Å²) in [6.45, 7) is 2.65. The average molecular weight is 345 g/mol. The molecule has 1 aliphatic heterocycles. The lowest BCUT2D eigenvalue weighted by Gasteiger charge is -2.36. The van der Waals surface area contributed by atoms with Crippen LogP contribution in [0.1, 0.15) is 6.92 Å². The van der Waals surface area contributed by atoms with Gasteiger partial charge in [0.05, 0.1) is 0 Å². The van der Waals surface area contributed by atoms with Crippen molar-refractivity contribution in [2.75, 3.05) is 32.7 Å². The Bertz CT molecular complexity index is 519. The topological polar surface area (TPSA) is 53.6 Å². The van der Waals surface area contributed by atoms with Gasteiger partial charge in [-0.15, -0.1) is 0 Å². The molecule has 134 valence electrons. The first-order chi connectivity index (χ1) is 11.4. The van der Waals surface area contributed by atoms with Gasteiger partial charge in [-0.25, -0.2) is 0 Å². The molecule has 1 fully saturated rings. The van der Waals surface area contributed by atoms with Gasteiger partial charge in [0.15, 0.2) is 6.10 Å². The molecule has 1 heterocycles. The van der Waals surface area contributed by atoms with Crippen molar-refractivity contribution in [2.45, 2.75) is 25.2 Å². The van der Waals surface area contributed by atoms with E-state index in [0.29, 0.717) is 31.9 Å². The Morgan fingerprint density at radius 2 is 1.92 bits per heavy atom. The van der Waals surface area contributed by atoms with Gasteiger partial charge in [-0.1, -0.05) is 18.2 Å². The number of rotatable bonds is 6. The van der Waals surface area contributed by atoms with E-state index in [1.807, 2.05) is 0 Å². The molecule has 1 aromatic rings. The van der Waals surface area contributed by atoms with Crippen LogP contribution in [0.4, 0.5) is 13.2 Å². The van der Waals surface area contributed by atoms with Gasteiger partial charge in [0.25, 0.3) is 5.91 Å². The minimum Gasteiger partial charge on any atom is -0.481 e. The molecular formula is C16H22F3N3O2. The number of ether oxygens (including phenoxy) is 1. The summed E-state index contributed by atoms with van der Waals surface area (Å²) < 4.78 is 45.2. The summed E-state index contributed by atoms with van der Waals surface area (Å²) in [6.07, 6.45) is -5.27. The molecule has 1 aromatic carbocycles. The van der Waals surface area contributed by atoms with Crippen LogP contribution in [-0.2, 0) is 4.79 Å². The quantitative estimate of drug-likeness (QED) is 0.819. The maximum absolute atomic E-state index is 13.3. The lowest BCUT2D eigenvalue weighted by Crippen LogP contribution is -2.58. The zero-order valence-electron chi connectivity index (χ0n) is 13.5. The van der Waals surface area contributed by atoms with E-state index < -0.39 is 30.8 Å². The van der Waals surface area contributed by atoms with Crippen molar-refractivity contribution in [3.8, 4) is 5.75 Å². The van der Waals surface area contributed by atoms with Crippen LogP contribution in [0.2, 0.25) is 0 Å². The van der Waals surface area contributed by atoms with E-state index in [0.717, 1.165) is 0 Å². The average Bonchev–Trinajstić information content (AvgIpc) is 2.55. The number of benzene rings is 1. The molecule has 0 bridgehead atoms. The number of carbonyl (C=O) groups is 1. The minimum absolute atomic E-state index is 0.302. The number of hydrogen-bond acceptors (Lipinski definition) is 4. The fourth-order valence-electron chi connectivity index (χ4n) is 2.54. The van der Waals surface area contributed by atoms with E-state index in [4.69, 9.17) is 4.74 Å². The van der Waals surface area contributed by atoms with Gasteiger partial charge in [-0.2, -0.15) is 13.2 Å². The minimum atomic E-state index is -4.39. The number of alkyl halides is 3. The van der Waals surface area contributed by atoms with Crippen molar-refractivity contribution in [2.24, 2.45) is 0 Å². The van der Waals surface area contributed by atoms with Crippen molar-refractivity contribution in [3.05, 3.63) is 30.3 Å². The fraction of sp³-hybridized carbons (Fsp3) is 0.562. The molecule has 2 N–H and O–H groups in total. The van der Waals surface area contributed by atoms with Crippen molar-refractivity contribution < 1.29 is 22.7 Å². The van der Waals surface area contributed by atoms with Gasteiger partial charge in [-0.05, 0) is 19.1 Å². The standard InChI is InChI=1S/C16H22F3N3O2/c1-12(24-13-5-3-2-4-6-13)15(23)21-11-14(16(17,18)19)22-9-7-20-8-10-22/h2-6,12,14,20H,7-11H2,1H3,(H,21,23). The number of hydrogen-bond donors (Lipinski definition) is 2. The predicted molar refractivity (Wildman–Crippen MR) is 83.8 cm³/mol. The first-order valence-electron chi connectivity index (χ1n) is 7.89.